The molecule has 1 N–H and O–H groups in total. The number of carbonyl (C=O) groups excluding carboxylic acids is 2. The number of ether oxygens (including phenoxy) is 1. The first-order chi connectivity index (χ1) is 11.1. The first-order valence-electron chi connectivity index (χ1n) is 6.46. The molecule has 0 bridgehead atoms. The van der Waals surface area contributed by atoms with Crippen LogP contribution in [0.4, 0.5) is 5.69 Å². The maximum absolute atomic E-state index is 11.7. The molecule has 1 aromatic carbocycles. The van der Waals surface area contributed by atoms with Gasteiger partial charge in [-0.2, -0.15) is 5.26 Å². The van der Waals surface area contributed by atoms with E-state index in [4.69, 9.17) is 21.6 Å². The second kappa shape index (κ2) is 8.13. The number of thiophene rings is 1. The van der Waals surface area contributed by atoms with Crippen LogP contribution in [0.2, 0.25) is 5.02 Å². The Labute approximate surface area is 141 Å². The average Bonchev–Trinajstić information content (AvgIpc) is 3.04. The molecule has 1 heterocycles. The van der Waals surface area contributed by atoms with Crippen molar-refractivity contribution in [2.75, 3.05) is 11.9 Å². The van der Waals surface area contributed by atoms with Gasteiger partial charge in [0.2, 0.25) is 0 Å². The lowest BCUT2D eigenvalue weighted by molar-refractivity contribution is -0.142. The second-order valence-electron chi connectivity index (χ2n) is 4.31. The van der Waals surface area contributed by atoms with E-state index in [0.717, 1.165) is 4.88 Å². The third-order valence-corrected chi connectivity index (χ3v) is 3.80. The van der Waals surface area contributed by atoms with Crippen molar-refractivity contribution in [1.29, 1.82) is 5.26 Å². The SMILES string of the molecule is N#Cc1ccc(NC(=O)COC(=O)/C=C/c2cccs2)cc1Cl. The Balaban J connectivity index is 1.82. The zero-order chi connectivity index (χ0) is 16.7. The van der Waals surface area contributed by atoms with Crippen molar-refractivity contribution in [3.63, 3.8) is 0 Å². The highest BCUT2D eigenvalue weighted by atomic mass is 35.5. The van der Waals surface area contributed by atoms with Crippen LogP contribution in [-0.2, 0) is 14.3 Å². The number of benzene rings is 1. The van der Waals surface area contributed by atoms with Crippen LogP contribution in [0.15, 0.2) is 41.8 Å². The summed E-state index contributed by atoms with van der Waals surface area (Å²) in [5.74, 6) is -1.10. The standard InChI is InChI=1S/C16H11ClN2O3S/c17-14-8-12(4-3-11(14)9-18)19-15(20)10-22-16(21)6-5-13-2-1-7-23-13/h1-8H,10H2,(H,19,20)/b6-5+. The number of hydrogen-bond donors (Lipinski definition) is 1. The van der Waals surface area contributed by atoms with E-state index in [-0.39, 0.29) is 5.02 Å². The fraction of sp³-hybridized carbons (Fsp3) is 0.0625. The first-order valence-corrected chi connectivity index (χ1v) is 7.72. The summed E-state index contributed by atoms with van der Waals surface area (Å²) >= 11 is 7.35. The van der Waals surface area contributed by atoms with E-state index < -0.39 is 18.5 Å². The third kappa shape index (κ3) is 5.25. The van der Waals surface area contributed by atoms with Crippen molar-refractivity contribution in [3.8, 4) is 6.07 Å². The molecule has 0 aliphatic carbocycles. The molecule has 116 valence electrons. The van der Waals surface area contributed by atoms with E-state index in [1.165, 1.54) is 29.5 Å². The predicted molar refractivity (Wildman–Crippen MR) is 89.1 cm³/mol. The highest BCUT2D eigenvalue weighted by molar-refractivity contribution is 7.10. The lowest BCUT2D eigenvalue weighted by atomic mass is 10.2. The molecule has 0 saturated heterocycles. The molecule has 2 aromatic rings. The van der Waals surface area contributed by atoms with Crippen molar-refractivity contribution in [3.05, 3.63) is 57.3 Å². The largest absolute Gasteiger partial charge is 0.452 e. The predicted octanol–water partition coefficient (Wildman–Crippen LogP) is 3.47. The van der Waals surface area contributed by atoms with Gasteiger partial charge < -0.3 is 10.1 Å². The third-order valence-electron chi connectivity index (χ3n) is 2.65. The minimum atomic E-state index is -0.605. The molecule has 1 aromatic heterocycles. The Morgan fingerprint density at radius 2 is 2.22 bits per heavy atom. The number of halogens is 1. The average molecular weight is 347 g/mol. The van der Waals surface area contributed by atoms with Crippen molar-refractivity contribution in [2.24, 2.45) is 0 Å². The van der Waals surface area contributed by atoms with E-state index in [0.29, 0.717) is 11.3 Å². The molecule has 23 heavy (non-hydrogen) atoms. The number of hydrogen-bond acceptors (Lipinski definition) is 5. The van der Waals surface area contributed by atoms with Gasteiger partial charge in [0.25, 0.3) is 5.91 Å². The number of nitriles is 1. The van der Waals surface area contributed by atoms with Gasteiger partial charge >= 0.3 is 5.97 Å². The molecule has 5 nitrogen and oxygen atoms in total. The second-order valence-corrected chi connectivity index (χ2v) is 5.70. The monoisotopic (exact) mass is 346 g/mol. The highest BCUT2D eigenvalue weighted by Gasteiger charge is 2.07. The molecular formula is C16H11ClN2O3S. The maximum atomic E-state index is 11.7. The number of rotatable bonds is 5. The Bertz CT molecular complexity index is 779. The number of anilines is 1. The maximum Gasteiger partial charge on any atom is 0.331 e. The van der Waals surface area contributed by atoms with Gasteiger partial charge in [-0.3, -0.25) is 4.79 Å². The minimum absolute atomic E-state index is 0.237. The van der Waals surface area contributed by atoms with Crippen LogP contribution in [0, 0.1) is 11.3 Å². The van der Waals surface area contributed by atoms with Crippen LogP contribution in [0.25, 0.3) is 6.08 Å². The molecule has 7 heteroatoms. The lowest BCUT2D eigenvalue weighted by Gasteiger charge is -2.06. The highest BCUT2D eigenvalue weighted by Crippen LogP contribution is 2.20. The van der Waals surface area contributed by atoms with Crippen molar-refractivity contribution in [2.45, 2.75) is 0 Å². The van der Waals surface area contributed by atoms with E-state index >= 15 is 0 Å². The Morgan fingerprint density at radius 3 is 2.87 bits per heavy atom. The summed E-state index contributed by atoms with van der Waals surface area (Å²) in [6, 6.07) is 10.1. The van der Waals surface area contributed by atoms with Crippen LogP contribution in [0.1, 0.15) is 10.4 Å². The molecule has 0 atom stereocenters. The number of nitrogens with one attached hydrogen (secondary N) is 1. The molecule has 0 saturated carbocycles. The van der Waals surface area contributed by atoms with Gasteiger partial charge in [-0.1, -0.05) is 17.7 Å². The van der Waals surface area contributed by atoms with Crippen LogP contribution in [-0.4, -0.2) is 18.5 Å². The van der Waals surface area contributed by atoms with Gasteiger partial charge in [0.05, 0.1) is 10.6 Å². The number of amides is 1. The van der Waals surface area contributed by atoms with Crippen LogP contribution in [0.5, 0.6) is 0 Å². The normalized spacial score (nSPS) is 10.3. The van der Waals surface area contributed by atoms with Crippen LogP contribution < -0.4 is 5.32 Å². The fourth-order valence-corrected chi connectivity index (χ4v) is 2.44. The minimum Gasteiger partial charge on any atom is -0.452 e. The van der Waals surface area contributed by atoms with Crippen molar-refractivity contribution < 1.29 is 14.3 Å². The summed E-state index contributed by atoms with van der Waals surface area (Å²) in [6.45, 7) is -0.411. The lowest BCUT2D eigenvalue weighted by Crippen LogP contribution is -2.20. The van der Waals surface area contributed by atoms with Gasteiger partial charge in [0.15, 0.2) is 6.61 Å². The molecule has 0 aliphatic rings. The zero-order valence-electron chi connectivity index (χ0n) is 11.8. The van der Waals surface area contributed by atoms with Gasteiger partial charge in [-0.25, -0.2) is 4.79 Å². The number of carbonyl (C=O) groups is 2. The molecule has 0 aliphatic heterocycles. The van der Waals surface area contributed by atoms with E-state index in [9.17, 15) is 9.59 Å². The van der Waals surface area contributed by atoms with Crippen LogP contribution in [0.3, 0.4) is 0 Å². The van der Waals surface area contributed by atoms with Crippen molar-refractivity contribution >= 4 is 46.6 Å². The van der Waals surface area contributed by atoms with Gasteiger partial charge in [-0.15, -0.1) is 11.3 Å². The van der Waals surface area contributed by atoms with Crippen LogP contribution >= 0.6 is 22.9 Å². The van der Waals surface area contributed by atoms with Crippen molar-refractivity contribution in [1.82, 2.24) is 0 Å². The molecule has 1 amide bonds. The molecular weight excluding hydrogens is 336 g/mol. The molecule has 0 spiro atoms. The van der Waals surface area contributed by atoms with Gasteiger partial charge in [0, 0.05) is 16.6 Å². The quantitative estimate of drug-likeness (QED) is 0.664. The molecule has 0 unspecified atom stereocenters. The van der Waals surface area contributed by atoms with Gasteiger partial charge in [-0.05, 0) is 35.7 Å². The summed E-state index contributed by atoms with van der Waals surface area (Å²) in [6.07, 6.45) is 2.88. The van der Waals surface area contributed by atoms with E-state index in [1.807, 2.05) is 23.6 Å². The molecule has 2 rings (SSSR count). The summed E-state index contributed by atoms with van der Waals surface area (Å²) in [4.78, 5) is 24.1. The van der Waals surface area contributed by atoms with Gasteiger partial charge in [0.1, 0.15) is 6.07 Å². The summed E-state index contributed by atoms with van der Waals surface area (Å²) in [5, 5.41) is 13.4. The zero-order valence-corrected chi connectivity index (χ0v) is 13.4. The first kappa shape index (κ1) is 16.7. The number of esters is 1. The van der Waals surface area contributed by atoms with E-state index in [2.05, 4.69) is 5.32 Å². The summed E-state index contributed by atoms with van der Waals surface area (Å²) in [5.41, 5.74) is 0.735. The number of nitrogens with zero attached hydrogens (tertiary/aromatic N) is 1. The Morgan fingerprint density at radius 1 is 1.39 bits per heavy atom. The smallest absolute Gasteiger partial charge is 0.331 e. The van der Waals surface area contributed by atoms with E-state index in [1.54, 1.807) is 12.1 Å². The Kier molecular flexibility index (Phi) is 5.92. The Hall–Kier alpha value is -2.62. The molecule has 0 fully saturated rings. The molecule has 0 radical (unpaired) electrons. The summed E-state index contributed by atoms with van der Waals surface area (Å²) in [7, 11) is 0. The fourth-order valence-electron chi connectivity index (χ4n) is 1.60. The topological polar surface area (TPSA) is 79.2 Å². The summed E-state index contributed by atoms with van der Waals surface area (Å²) < 4.78 is 4.83.